The quantitative estimate of drug-likeness (QED) is 0.542. The summed E-state index contributed by atoms with van der Waals surface area (Å²) >= 11 is 0. The van der Waals surface area contributed by atoms with Gasteiger partial charge in [-0.2, -0.15) is 0 Å². The van der Waals surface area contributed by atoms with Gasteiger partial charge in [0.25, 0.3) is 0 Å². The lowest BCUT2D eigenvalue weighted by Crippen LogP contribution is -2.49. The zero-order valence-electron chi connectivity index (χ0n) is 12.1. The molecule has 0 saturated heterocycles. The first kappa shape index (κ1) is 15.7. The van der Waals surface area contributed by atoms with Crippen LogP contribution >= 0.6 is 0 Å². The molecule has 1 N–H and O–H groups in total. The third-order valence-electron chi connectivity index (χ3n) is 3.33. The monoisotopic (exact) mass is 239 g/mol. The van der Waals surface area contributed by atoms with Crippen LogP contribution in [0.25, 0.3) is 0 Å². The summed E-state index contributed by atoms with van der Waals surface area (Å²) in [5, 5.41) is 3.74. The normalized spacial score (nSPS) is 17.1. The minimum absolute atomic E-state index is 0.485. The predicted octanol–water partition coefficient (Wildman–Crippen LogP) is 4.14. The number of hydrogen-bond acceptors (Lipinski definition) is 1. The lowest BCUT2D eigenvalue weighted by molar-refractivity contribution is 0.557. The van der Waals surface area contributed by atoms with Gasteiger partial charge in [0.05, 0.1) is 8.07 Å². The Morgan fingerprint density at radius 1 is 1.31 bits per heavy atom. The Bertz CT molecular complexity index is 260. The van der Waals surface area contributed by atoms with Gasteiger partial charge in [-0.1, -0.05) is 57.3 Å². The molecule has 0 fully saturated rings. The second-order valence-corrected chi connectivity index (χ2v) is 11.5. The van der Waals surface area contributed by atoms with Crippen molar-refractivity contribution in [2.24, 2.45) is 0 Å². The smallest absolute Gasteiger partial charge is 0.0631 e. The van der Waals surface area contributed by atoms with Gasteiger partial charge < -0.3 is 5.32 Å². The molecule has 16 heavy (non-hydrogen) atoms. The maximum absolute atomic E-state index is 3.98. The van der Waals surface area contributed by atoms with Crippen molar-refractivity contribution in [2.75, 3.05) is 0 Å². The molecule has 0 aromatic carbocycles. The first-order valence-electron chi connectivity index (χ1n) is 6.28. The molecule has 0 saturated carbocycles. The number of rotatable bonds is 6. The fourth-order valence-electron chi connectivity index (χ4n) is 1.30. The van der Waals surface area contributed by atoms with Gasteiger partial charge in [-0.3, -0.25) is 0 Å². The topological polar surface area (TPSA) is 12.0 Å². The molecule has 0 spiro atoms. The molecule has 2 atom stereocenters. The fraction of sp³-hybridized carbons (Fsp3) is 0.714. The molecular formula is C14H29NSi. The third-order valence-corrected chi connectivity index (χ3v) is 6.09. The van der Waals surface area contributed by atoms with Crippen LogP contribution in [0.2, 0.25) is 19.6 Å². The van der Waals surface area contributed by atoms with Crippen molar-refractivity contribution >= 4 is 8.07 Å². The number of hydrogen-bond donors (Lipinski definition) is 1. The van der Waals surface area contributed by atoms with Gasteiger partial charge in [0.15, 0.2) is 0 Å². The highest BCUT2D eigenvalue weighted by atomic mass is 28.3. The Balaban J connectivity index is 4.54. The van der Waals surface area contributed by atoms with E-state index in [2.05, 4.69) is 65.3 Å². The Labute approximate surface area is 103 Å². The van der Waals surface area contributed by atoms with Crippen molar-refractivity contribution in [1.29, 1.82) is 0 Å². The van der Waals surface area contributed by atoms with Gasteiger partial charge in [-0.15, -0.1) is 0 Å². The largest absolute Gasteiger partial charge is 0.311 e. The highest BCUT2D eigenvalue weighted by Gasteiger charge is 2.23. The van der Waals surface area contributed by atoms with Crippen molar-refractivity contribution in [3.8, 4) is 0 Å². The van der Waals surface area contributed by atoms with E-state index in [0.29, 0.717) is 11.7 Å². The van der Waals surface area contributed by atoms with Crippen LogP contribution in [0.4, 0.5) is 0 Å². The molecular weight excluding hydrogens is 210 g/mol. The molecule has 0 aromatic rings. The minimum Gasteiger partial charge on any atom is -0.311 e. The van der Waals surface area contributed by atoms with E-state index >= 15 is 0 Å². The maximum atomic E-state index is 3.98. The predicted molar refractivity (Wildman–Crippen MR) is 78.6 cm³/mol. The zero-order chi connectivity index (χ0) is 12.9. The van der Waals surface area contributed by atoms with Crippen molar-refractivity contribution in [1.82, 2.24) is 5.32 Å². The van der Waals surface area contributed by atoms with Crippen molar-refractivity contribution in [2.45, 2.75) is 65.5 Å². The van der Waals surface area contributed by atoms with E-state index in [1.807, 2.05) is 0 Å². The second-order valence-electron chi connectivity index (χ2n) is 5.90. The van der Waals surface area contributed by atoms with Crippen LogP contribution in [-0.2, 0) is 0 Å². The Hall–Kier alpha value is -0.343. The van der Waals surface area contributed by atoms with E-state index < -0.39 is 8.07 Å². The molecule has 0 aliphatic rings. The van der Waals surface area contributed by atoms with Crippen molar-refractivity contribution < 1.29 is 0 Å². The van der Waals surface area contributed by atoms with E-state index in [1.54, 1.807) is 0 Å². The van der Waals surface area contributed by atoms with Gasteiger partial charge in [0.1, 0.15) is 0 Å². The summed E-state index contributed by atoms with van der Waals surface area (Å²) in [7, 11) is -1.08. The summed E-state index contributed by atoms with van der Waals surface area (Å²) in [6.07, 6.45) is 3.46. The van der Waals surface area contributed by atoms with Gasteiger partial charge in [-0.05, 0) is 25.9 Å². The summed E-state index contributed by atoms with van der Waals surface area (Å²) in [4.78, 5) is 0. The molecule has 0 aliphatic carbocycles. The second kappa shape index (κ2) is 6.41. The molecule has 0 aliphatic heterocycles. The average molecular weight is 239 g/mol. The van der Waals surface area contributed by atoms with E-state index in [-0.39, 0.29) is 0 Å². The molecule has 2 heteroatoms. The molecule has 94 valence electrons. The summed E-state index contributed by atoms with van der Waals surface area (Å²) in [5.74, 6) is 0. The molecule has 0 heterocycles. The van der Waals surface area contributed by atoms with Crippen LogP contribution in [0.1, 0.15) is 34.1 Å². The summed E-state index contributed by atoms with van der Waals surface area (Å²) < 4.78 is 0. The van der Waals surface area contributed by atoms with Crippen molar-refractivity contribution in [3.63, 3.8) is 0 Å². The summed E-state index contributed by atoms with van der Waals surface area (Å²) in [6.45, 7) is 20.0. The first-order valence-corrected chi connectivity index (χ1v) is 9.86. The van der Waals surface area contributed by atoms with Gasteiger partial charge in [0.2, 0.25) is 0 Å². The standard InChI is InChI=1S/C14H29NSi/c1-9-14(10-12(4)11(2)3)15-13(5)16(6,7)8/h10,13-15H,2,9H2,1,3-8H3/b12-10-. The number of allylic oxidation sites excluding steroid dienone is 2. The Morgan fingerprint density at radius 2 is 1.81 bits per heavy atom. The van der Waals surface area contributed by atoms with Crippen LogP contribution in [0.5, 0.6) is 0 Å². The average Bonchev–Trinajstić information content (AvgIpc) is 2.14. The zero-order valence-corrected chi connectivity index (χ0v) is 13.1. The van der Waals surface area contributed by atoms with Crippen LogP contribution in [-0.4, -0.2) is 19.8 Å². The molecule has 0 bridgehead atoms. The molecule has 2 unspecified atom stereocenters. The van der Waals surface area contributed by atoms with Crippen molar-refractivity contribution in [3.05, 3.63) is 23.8 Å². The van der Waals surface area contributed by atoms with Gasteiger partial charge in [-0.25, -0.2) is 0 Å². The number of nitrogens with one attached hydrogen (secondary N) is 1. The molecule has 0 radical (unpaired) electrons. The van der Waals surface area contributed by atoms with Gasteiger partial charge in [0, 0.05) is 6.04 Å². The maximum Gasteiger partial charge on any atom is 0.0631 e. The van der Waals surface area contributed by atoms with Gasteiger partial charge >= 0.3 is 0 Å². The first-order chi connectivity index (χ1) is 7.18. The minimum atomic E-state index is -1.08. The van der Waals surface area contributed by atoms with Crippen LogP contribution in [0.15, 0.2) is 23.8 Å². The third kappa shape index (κ3) is 5.66. The summed E-state index contributed by atoms with van der Waals surface area (Å²) in [6, 6.07) is 0.485. The van der Waals surface area contributed by atoms with Crippen LogP contribution < -0.4 is 5.32 Å². The SMILES string of the molecule is C=C(C)/C(C)=C\C(CC)NC(C)[Si](C)(C)C. The Morgan fingerprint density at radius 3 is 2.12 bits per heavy atom. The van der Waals surface area contributed by atoms with E-state index in [1.165, 1.54) is 11.1 Å². The van der Waals surface area contributed by atoms with E-state index in [4.69, 9.17) is 0 Å². The Kier molecular flexibility index (Phi) is 6.27. The molecule has 1 nitrogen and oxygen atoms in total. The lowest BCUT2D eigenvalue weighted by Gasteiger charge is -2.29. The van der Waals surface area contributed by atoms with E-state index in [0.717, 1.165) is 6.42 Å². The molecule has 0 amide bonds. The summed E-state index contributed by atoms with van der Waals surface area (Å²) in [5.41, 5.74) is 3.12. The lowest BCUT2D eigenvalue weighted by atomic mass is 10.1. The highest BCUT2D eigenvalue weighted by Crippen LogP contribution is 2.12. The van der Waals surface area contributed by atoms with Crippen LogP contribution in [0, 0.1) is 0 Å². The fourth-order valence-corrected chi connectivity index (χ4v) is 2.01. The van der Waals surface area contributed by atoms with Crippen LogP contribution in [0.3, 0.4) is 0 Å². The molecule has 0 rings (SSSR count). The van der Waals surface area contributed by atoms with E-state index in [9.17, 15) is 0 Å². The highest BCUT2D eigenvalue weighted by molar-refractivity contribution is 6.77. The molecule has 0 aromatic heterocycles.